The summed E-state index contributed by atoms with van der Waals surface area (Å²) in [6.07, 6.45) is 6.08. The van der Waals surface area contributed by atoms with Gasteiger partial charge in [0.25, 0.3) is 0 Å². The summed E-state index contributed by atoms with van der Waals surface area (Å²) in [5, 5.41) is 9.61. The number of carbonyl (C=O) groups is 1. The third-order valence-electron chi connectivity index (χ3n) is 2.86. The van der Waals surface area contributed by atoms with Crippen LogP contribution in [0.15, 0.2) is 53.3 Å². The molecule has 110 valence electrons. The van der Waals surface area contributed by atoms with E-state index in [1.165, 1.54) is 11.3 Å². The highest BCUT2D eigenvalue weighted by Crippen LogP contribution is 2.35. The highest BCUT2D eigenvalue weighted by Gasteiger charge is 2.08. The van der Waals surface area contributed by atoms with Crippen molar-refractivity contribution in [1.29, 1.82) is 0 Å². The molecule has 1 aromatic carbocycles. The highest BCUT2D eigenvalue weighted by atomic mass is 79.9. The number of hydrogen-bond acceptors (Lipinski definition) is 4. The fraction of sp³-hybridized carbons (Fsp3) is 0. The first-order valence-electron chi connectivity index (χ1n) is 6.34. The van der Waals surface area contributed by atoms with E-state index < -0.39 is 5.97 Å². The van der Waals surface area contributed by atoms with E-state index in [1.807, 2.05) is 30.3 Å². The van der Waals surface area contributed by atoms with Gasteiger partial charge in [-0.15, -0.1) is 11.3 Å². The summed E-state index contributed by atoms with van der Waals surface area (Å²) in [6.45, 7) is 0. The second kappa shape index (κ2) is 6.29. The van der Waals surface area contributed by atoms with Gasteiger partial charge in [-0.05, 0) is 36.4 Å². The third kappa shape index (κ3) is 3.35. The molecule has 3 rings (SSSR count). The minimum absolute atomic E-state index is 0.644. The minimum atomic E-state index is -0.970. The van der Waals surface area contributed by atoms with Crippen molar-refractivity contribution >= 4 is 49.4 Å². The van der Waals surface area contributed by atoms with Crippen LogP contribution < -0.4 is 4.74 Å². The van der Waals surface area contributed by atoms with Crippen LogP contribution in [0.25, 0.3) is 16.2 Å². The first-order valence-corrected chi connectivity index (χ1v) is 7.95. The molecule has 4 nitrogen and oxygen atoms in total. The topological polar surface area (TPSA) is 59.4 Å². The average molecular weight is 376 g/mol. The van der Waals surface area contributed by atoms with Crippen molar-refractivity contribution in [2.24, 2.45) is 0 Å². The zero-order valence-corrected chi connectivity index (χ0v) is 13.6. The fourth-order valence-corrected chi connectivity index (χ4v) is 3.12. The van der Waals surface area contributed by atoms with Gasteiger partial charge >= 0.3 is 5.97 Å². The van der Waals surface area contributed by atoms with E-state index in [9.17, 15) is 4.79 Å². The lowest BCUT2D eigenvalue weighted by atomic mass is 10.2. The molecule has 0 aliphatic heterocycles. The van der Waals surface area contributed by atoms with Crippen LogP contribution in [0.5, 0.6) is 11.5 Å². The van der Waals surface area contributed by atoms with E-state index in [0.717, 1.165) is 25.5 Å². The Kier molecular flexibility index (Phi) is 4.22. The minimum Gasteiger partial charge on any atom is -0.478 e. The number of halogens is 1. The SMILES string of the molecule is O=C(O)/C=C/c1cc2c(Oc3ccc(Br)cc3)cncc2s1. The molecule has 22 heavy (non-hydrogen) atoms. The Bertz CT molecular complexity index is 855. The molecule has 1 N–H and O–H groups in total. The summed E-state index contributed by atoms with van der Waals surface area (Å²) in [5.41, 5.74) is 0. The van der Waals surface area contributed by atoms with Crippen LogP contribution in [0.2, 0.25) is 0 Å². The largest absolute Gasteiger partial charge is 0.478 e. The summed E-state index contributed by atoms with van der Waals surface area (Å²) >= 11 is 4.85. The van der Waals surface area contributed by atoms with Crippen LogP contribution in [0.4, 0.5) is 0 Å². The molecule has 0 radical (unpaired) electrons. The van der Waals surface area contributed by atoms with Crippen LogP contribution in [-0.2, 0) is 4.79 Å². The highest BCUT2D eigenvalue weighted by molar-refractivity contribution is 9.10. The lowest BCUT2D eigenvalue weighted by Gasteiger charge is -2.06. The van der Waals surface area contributed by atoms with Crippen molar-refractivity contribution in [1.82, 2.24) is 4.98 Å². The van der Waals surface area contributed by atoms with Crippen LogP contribution in [0.1, 0.15) is 4.88 Å². The Morgan fingerprint density at radius 1 is 1.27 bits per heavy atom. The van der Waals surface area contributed by atoms with Crippen molar-refractivity contribution in [3.05, 3.63) is 58.2 Å². The quantitative estimate of drug-likeness (QED) is 0.655. The first kappa shape index (κ1) is 14.7. The van der Waals surface area contributed by atoms with Gasteiger partial charge in [-0.25, -0.2) is 4.79 Å². The third-order valence-corrected chi connectivity index (χ3v) is 4.42. The summed E-state index contributed by atoms with van der Waals surface area (Å²) in [7, 11) is 0. The molecular weight excluding hydrogens is 366 g/mol. The molecule has 6 heteroatoms. The van der Waals surface area contributed by atoms with Gasteiger partial charge in [0.15, 0.2) is 5.75 Å². The lowest BCUT2D eigenvalue weighted by molar-refractivity contribution is -0.131. The van der Waals surface area contributed by atoms with Gasteiger partial charge < -0.3 is 9.84 Å². The summed E-state index contributed by atoms with van der Waals surface area (Å²) in [6, 6.07) is 9.42. The number of ether oxygens (including phenoxy) is 1. The number of nitrogens with zero attached hydrogens (tertiary/aromatic N) is 1. The molecule has 0 saturated heterocycles. The maximum absolute atomic E-state index is 10.6. The molecule has 0 bridgehead atoms. The summed E-state index contributed by atoms with van der Waals surface area (Å²) < 4.78 is 7.79. The van der Waals surface area contributed by atoms with Gasteiger partial charge in [0.1, 0.15) is 5.75 Å². The second-order valence-electron chi connectivity index (χ2n) is 4.43. The molecule has 0 unspecified atom stereocenters. The van der Waals surface area contributed by atoms with Crippen LogP contribution >= 0.6 is 27.3 Å². The van der Waals surface area contributed by atoms with Gasteiger partial charge in [0.05, 0.1) is 10.9 Å². The summed E-state index contributed by atoms with van der Waals surface area (Å²) in [5.74, 6) is 0.388. The monoisotopic (exact) mass is 375 g/mol. The van der Waals surface area contributed by atoms with E-state index in [2.05, 4.69) is 20.9 Å². The van der Waals surface area contributed by atoms with Crippen molar-refractivity contribution in [3.8, 4) is 11.5 Å². The van der Waals surface area contributed by atoms with E-state index in [1.54, 1.807) is 18.5 Å². The number of benzene rings is 1. The molecule has 0 spiro atoms. The molecule has 3 aromatic rings. The number of carboxylic acids is 1. The zero-order chi connectivity index (χ0) is 15.5. The standard InChI is InChI=1S/C16H10BrNO3S/c17-10-1-3-11(4-2-10)21-14-8-18-9-15-13(14)7-12(22-15)5-6-16(19)20/h1-9H,(H,19,20)/b6-5+. The maximum atomic E-state index is 10.6. The molecule has 0 atom stereocenters. The van der Waals surface area contributed by atoms with Crippen molar-refractivity contribution < 1.29 is 14.6 Å². The molecule has 0 amide bonds. The number of aliphatic carboxylic acids is 1. The van der Waals surface area contributed by atoms with E-state index in [0.29, 0.717) is 11.5 Å². The second-order valence-corrected chi connectivity index (χ2v) is 6.46. The molecule has 0 saturated carbocycles. The molecule has 0 aliphatic rings. The van der Waals surface area contributed by atoms with E-state index in [-0.39, 0.29) is 0 Å². The maximum Gasteiger partial charge on any atom is 0.328 e. The molecule has 0 fully saturated rings. The van der Waals surface area contributed by atoms with Gasteiger partial charge in [-0.1, -0.05) is 15.9 Å². The van der Waals surface area contributed by atoms with Crippen molar-refractivity contribution in [3.63, 3.8) is 0 Å². The Morgan fingerprint density at radius 2 is 2.05 bits per heavy atom. The number of carboxylic acid groups (broad SMARTS) is 1. The molecule has 0 aliphatic carbocycles. The Morgan fingerprint density at radius 3 is 2.77 bits per heavy atom. The van der Waals surface area contributed by atoms with Crippen LogP contribution in [-0.4, -0.2) is 16.1 Å². The van der Waals surface area contributed by atoms with Crippen molar-refractivity contribution in [2.75, 3.05) is 0 Å². The van der Waals surface area contributed by atoms with Crippen LogP contribution in [0.3, 0.4) is 0 Å². The Labute approximate surface area is 138 Å². The van der Waals surface area contributed by atoms with E-state index >= 15 is 0 Å². The smallest absolute Gasteiger partial charge is 0.328 e. The Balaban J connectivity index is 1.95. The average Bonchev–Trinajstić information content (AvgIpc) is 2.92. The molecule has 2 aromatic heterocycles. The van der Waals surface area contributed by atoms with E-state index in [4.69, 9.17) is 9.84 Å². The van der Waals surface area contributed by atoms with Crippen molar-refractivity contribution in [2.45, 2.75) is 0 Å². The Hall–Kier alpha value is -2.18. The lowest BCUT2D eigenvalue weighted by Crippen LogP contribution is -1.85. The van der Waals surface area contributed by atoms with Crippen LogP contribution in [0, 0.1) is 0 Å². The van der Waals surface area contributed by atoms with Gasteiger partial charge in [-0.3, -0.25) is 4.98 Å². The van der Waals surface area contributed by atoms with Gasteiger partial charge in [-0.2, -0.15) is 0 Å². The first-order chi connectivity index (χ1) is 10.6. The predicted octanol–water partition coefficient (Wildman–Crippen LogP) is 4.95. The number of rotatable bonds is 4. The number of fused-ring (bicyclic) bond motifs is 1. The predicted molar refractivity (Wildman–Crippen MR) is 90.5 cm³/mol. The molecule has 2 heterocycles. The molecular formula is C16H10BrNO3S. The summed E-state index contributed by atoms with van der Waals surface area (Å²) in [4.78, 5) is 15.6. The normalized spacial score (nSPS) is 11.1. The van der Waals surface area contributed by atoms with Gasteiger partial charge in [0, 0.05) is 27.0 Å². The number of aromatic nitrogens is 1. The zero-order valence-electron chi connectivity index (χ0n) is 11.2. The number of hydrogen-bond donors (Lipinski definition) is 1. The number of pyridine rings is 1. The number of thiophene rings is 1. The fourth-order valence-electron chi connectivity index (χ4n) is 1.90. The van der Waals surface area contributed by atoms with Gasteiger partial charge in [0.2, 0.25) is 0 Å².